The predicted octanol–water partition coefficient (Wildman–Crippen LogP) is 1.71. The Morgan fingerprint density at radius 2 is 2.44 bits per heavy atom. The van der Waals surface area contributed by atoms with E-state index in [2.05, 4.69) is 11.4 Å². The molecule has 2 radical (unpaired) electrons. The maximum atomic E-state index is 4.09. The van der Waals surface area contributed by atoms with Crippen molar-refractivity contribution in [2.45, 2.75) is 0 Å². The van der Waals surface area contributed by atoms with Gasteiger partial charge in [-0.2, -0.15) is 0 Å². The highest BCUT2D eigenvalue weighted by molar-refractivity contribution is 5.68. The first-order chi connectivity index (χ1) is 4.47. The van der Waals surface area contributed by atoms with Gasteiger partial charge in [-0.05, 0) is 18.2 Å². The lowest BCUT2D eigenvalue weighted by atomic mass is 10.2. The number of hydrogen-bond donors (Lipinski definition) is 0. The summed E-state index contributed by atoms with van der Waals surface area (Å²) in [5.74, 6) is 0. The van der Waals surface area contributed by atoms with E-state index in [1.807, 2.05) is 24.3 Å². The zero-order valence-electron chi connectivity index (χ0n) is 4.83. The molecule has 1 aromatic carbocycles. The van der Waals surface area contributed by atoms with Gasteiger partial charge < -0.3 is 0 Å². The van der Waals surface area contributed by atoms with Gasteiger partial charge in [0.25, 0.3) is 0 Å². The lowest BCUT2D eigenvalue weighted by Crippen LogP contribution is -1.78. The molecule has 9 heavy (non-hydrogen) atoms. The molecule has 1 heteroatoms. The van der Waals surface area contributed by atoms with Gasteiger partial charge in [-0.1, -0.05) is 12.1 Å². The van der Waals surface area contributed by atoms with Crippen molar-refractivity contribution in [3.63, 3.8) is 0 Å². The zero-order valence-corrected chi connectivity index (χ0v) is 4.83. The molecular formula is C8H5N. The molecule has 0 bridgehead atoms. The van der Waals surface area contributed by atoms with Gasteiger partial charge in [-0.25, -0.2) is 0 Å². The minimum Gasteiger partial charge on any atom is -0.256 e. The van der Waals surface area contributed by atoms with Crippen LogP contribution in [0.4, 0.5) is 5.69 Å². The molecule has 1 aliphatic rings. The molecule has 0 spiro atoms. The third kappa shape index (κ3) is 0.617. The molecule has 2 rings (SSSR count). The lowest BCUT2D eigenvalue weighted by Gasteiger charge is -1.91. The molecule has 0 saturated heterocycles. The van der Waals surface area contributed by atoms with Crippen LogP contribution in [0.25, 0.3) is 6.08 Å². The Hall–Kier alpha value is -1.24. The average Bonchev–Trinajstić information content (AvgIpc) is 2.33. The maximum absolute atomic E-state index is 4.09. The van der Waals surface area contributed by atoms with Crippen LogP contribution < -0.4 is 5.32 Å². The molecule has 0 fully saturated rings. The molecular weight excluding hydrogens is 110 g/mol. The van der Waals surface area contributed by atoms with Crippen LogP contribution in [0.1, 0.15) is 5.56 Å². The van der Waals surface area contributed by atoms with Crippen molar-refractivity contribution in [2.24, 2.45) is 0 Å². The van der Waals surface area contributed by atoms with Crippen LogP contribution in [-0.4, -0.2) is 0 Å². The molecule has 0 atom stereocenters. The van der Waals surface area contributed by atoms with Crippen molar-refractivity contribution in [3.05, 3.63) is 36.0 Å². The van der Waals surface area contributed by atoms with Crippen molar-refractivity contribution in [3.8, 4) is 0 Å². The van der Waals surface area contributed by atoms with Gasteiger partial charge in [0.05, 0.1) is 5.69 Å². The summed E-state index contributed by atoms with van der Waals surface area (Å²) in [5.41, 5.74) is 2.21. The van der Waals surface area contributed by atoms with E-state index in [1.54, 1.807) is 6.20 Å². The van der Waals surface area contributed by atoms with Gasteiger partial charge in [0.1, 0.15) is 0 Å². The highest BCUT2D eigenvalue weighted by atomic mass is 14.9. The zero-order chi connectivity index (χ0) is 6.10. The van der Waals surface area contributed by atoms with E-state index in [0.717, 1.165) is 5.69 Å². The first-order valence-electron chi connectivity index (χ1n) is 2.84. The van der Waals surface area contributed by atoms with Crippen molar-refractivity contribution in [2.75, 3.05) is 0 Å². The van der Waals surface area contributed by atoms with Crippen LogP contribution in [0.5, 0.6) is 0 Å². The highest BCUT2D eigenvalue weighted by Crippen LogP contribution is 2.20. The standard InChI is InChI=1S/C8H5N/c1-2-4-8-7(3-1)5-6-9-8/h1,3-6H. The molecule has 1 heterocycles. The van der Waals surface area contributed by atoms with Crippen molar-refractivity contribution in [1.29, 1.82) is 0 Å². The van der Waals surface area contributed by atoms with E-state index in [-0.39, 0.29) is 0 Å². The third-order valence-electron chi connectivity index (χ3n) is 1.34. The fraction of sp³-hybridized carbons (Fsp3) is 0. The molecule has 1 aromatic rings. The molecule has 42 valence electrons. The second-order valence-electron chi connectivity index (χ2n) is 1.93. The molecule has 1 nitrogen and oxygen atoms in total. The molecule has 0 aromatic heterocycles. The number of hydrogen-bond acceptors (Lipinski definition) is 0. The van der Waals surface area contributed by atoms with E-state index >= 15 is 0 Å². The summed E-state index contributed by atoms with van der Waals surface area (Å²) in [6.45, 7) is 0. The van der Waals surface area contributed by atoms with E-state index < -0.39 is 0 Å². The van der Waals surface area contributed by atoms with E-state index in [4.69, 9.17) is 0 Å². The number of rotatable bonds is 0. The normalized spacial score (nSPS) is 12.9. The van der Waals surface area contributed by atoms with E-state index in [0.29, 0.717) is 0 Å². The monoisotopic (exact) mass is 115 g/mol. The van der Waals surface area contributed by atoms with Gasteiger partial charge in [-0.3, -0.25) is 5.32 Å². The quantitative estimate of drug-likeness (QED) is 0.488. The summed E-state index contributed by atoms with van der Waals surface area (Å²) in [6, 6.07) is 8.74. The van der Waals surface area contributed by atoms with Crippen LogP contribution in [-0.2, 0) is 0 Å². The third-order valence-corrected chi connectivity index (χ3v) is 1.34. The van der Waals surface area contributed by atoms with Gasteiger partial charge in [0.15, 0.2) is 0 Å². The minimum atomic E-state index is 1.03. The van der Waals surface area contributed by atoms with E-state index in [9.17, 15) is 0 Å². The number of benzene rings is 1. The van der Waals surface area contributed by atoms with Crippen LogP contribution in [0.15, 0.2) is 24.4 Å². The number of fused-ring (bicyclic) bond motifs is 1. The summed E-state index contributed by atoms with van der Waals surface area (Å²) in [7, 11) is 0. The number of nitrogens with zero attached hydrogens (tertiary/aromatic N) is 1. The van der Waals surface area contributed by atoms with Crippen molar-refractivity contribution < 1.29 is 0 Å². The Morgan fingerprint density at radius 3 is 3.33 bits per heavy atom. The topological polar surface area (TPSA) is 14.1 Å². The predicted molar refractivity (Wildman–Crippen MR) is 36.1 cm³/mol. The van der Waals surface area contributed by atoms with Gasteiger partial charge in [0, 0.05) is 11.8 Å². The SMILES string of the molecule is [c]1ccc2c(c1)[N]C=C2. The van der Waals surface area contributed by atoms with Gasteiger partial charge in [-0.15, -0.1) is 0 Å². The molecule has 0 saturated carbocycles. The second kappa shape index (κ2) is 1.62. The summed E-state index contributed by atoms with van der Waals surface area (Å²) in [4.78, 5) is 0. The van der Waals surface area contributed by atoms with Gasteiger partial charge in [0.2, 0.25) is 0 Å². The fourth-order valence-electron chi connectivity index (χ4n) is 0.884. The Labute approximate surface area is 54.0 Å². The summed E-state index contributed by atoms with van der Waals surface area (Å²) in [6.07, 6.45) is 3.79. The lowest BCUT2D eigenvalue weighted by molar-refractivity contribution is 1.22. The molecule has 0 N–H and O–H groups in total. The van der Waals surface area contributed by atoms with Crippen LogP contribution in [0.3, 0.4) is 0 Å². The first-order valence-corrected chi connectivity index (χ1v) is 2.84. The Balaban J connectivity index is 2.63. The van der Waals surface area contributed by atoms with Crippen LogP contribution in [0.2, 0.25) is 0 Å². The van der Waals surface area contributed by atoms with Crippen molar-refractivity contribution in [1.82, 2.24) is 5.32 Å². The summed E-state index contributed by atoms with van der Waals surface area (Å²) >= 11 is 0. The largest absolute Gasteiger partial charge is 0.256 e. The Morgan fingerprint density at radius 1 is 1.44 bits per heavy atom. The van der Waals surface area contributed by atoms with E-state index in [1.165, 1.54) is 5.56 Å². The molecule has 1 aliphatic heterocycles. The average molecular weight is 115 g/mol. The van der Waals surface area contributed by atoms with Crippen LogP contribution >= 0.6 is 0 Å². The summed E-state index contributed by atoms with van der Waals surface area (Å²) < 4.78 is 0. The minimum absolute atomic E-state index is 1.03. The molecule has 0 unspecified atom stereocenters. The summed E-state index contributed by atoms with van der Waals surface area (Å²) in [5, 5.41) is 4.09. The smallest absolute Gasteiger partial charge is 0.0708 e. The van der Waals surface area contributed by atoms with Gasteiger partial charge >= 0.3 is 0 Å². The van der Waals surface area contributed by atoms with Crippen molar-refractivity contribution >= 4 is 11.8 Å². The Kier molecular flexibility index (Phi) is 0.833. The maximum Gasteiger partial charge on any atom is 0.0708 e. The highest BCUT2D eigenvalue weighted by Gasteiger charge is 2.01. The van der Waals surface area contributed by atoms with Crippen LogP contribution in [0, 0.1) is 6.07 Å². The Bertz CT molecular complexity index is 250. The fourth-order valence-corrected chi connectivity index (χ4v) is 0.884. The molecule has 0 aliphatic carbocycles. The second-order valence-corrected chi connectivity index (χ2v) is 1.93. The first kappa shape index (κ1) is 4.62. The molecule has 0 amide bonds.